The first-order valence-corrected chi connectivity index (χ1v) is 9.76. The number of hydrogen-bond acceptors (Lipinski definition) is 5. The summed E-state index contributed by atoms with van der Waals surface area (Å²) in [6.45, 7) is 10.4. The smallest absolute Gasteiger partial charge is 0.274 e. The molecule has 0 aliphatic carbocycles. The normalized spacial score (nSPS) is 14.3. The van der Waals surface area contributed by atoms with Gasteiger partial charge in [0.05, 0.1) is 12.4 Å². The van der Waals surface area contributed by atoms with Gasteiger partial charge in [0.2, 0.25) is 0 Å². The Morgan fingerprint density at radius 2 is 1.89 bits per heavy atom. The molecule has 0 unspecified atom stereocenters. The van der Waals surface area contributed by atoms with Crippen LogP contribution in [0.1, 0.15) is 41.4 Å². The Morgan fingerprint density at radius 3 is 2.56 bits per heavy atom. The fraction of sp³-hybridized carbons (Fsp3) is 0.476. The van der Waals surface area contributed by atoms with Crippen molar-refractivity contribution in [2.24, 2.45) is 0 Å². The van der Waals surface area contributed by atoms with Crippen LogP contribution in [0.3, 0.4) is 0 Å². The number of benzene rings is 1. The lowest BCUT2D eigenvalue weighted by Crippen LogP contribution is -2.49. The molecule has 0 atom stereocenters. The SMILES string of the molecule is CCCCNc1cnc(C(=O)N2CCN(c3cccc(C)c3C)CC2)cn1. The van der Waals surface area contributed by atoms with Crippen molar-refractivity contribution in [1.29, 1.82) is 0 Å². The molecule has 27 heavy (non-hydrogen) atoms. The van der Waals surface area contributed by atoms with Crippen LogP contribution in [0, 0.1) is 13.8 Å². The maximum Gasteiger partial charge on any atom is 0.274 e. The molecule has 0 spiro atoms. The number of anilines is 2. The monoisotopic (exact) mass is 367 g/mol. The molecule has 1 fully saturated rings. The van der Waals surface area contributed by atoms with Crippen LogP contribution in [0.25, 0.3) is 0 Å². The summed E-state index contributed by atoms with van der Waals surface area (Å²) >= 11 is 0. The van der Waals surface area contributed by atoms with Crippen molar-refractivity contribution in [3.05, 3.63) is 47.4 Å². The number of hydrogen-bond donors (Lipinski definition) is 1. The molecule has 144 valence electrons. The van der Waals surface area contributed by atoms with Crippen molar-refractivity contribution in [3.8, 4) is 0 Å². The Morgan fingerprint density at radius 1 is 1.11 bits per heavy atom. The van der Waals surface area contributed by atoms with Gasteiger partial charge in [-0.1, -0.05) is 25.5 Å². The summed E-state index contributed by atoms with van der Waals surface area (Å²) < 4.78 is 0. The number of nitrogens with one attached hydrogen (secondary N) is 1. The van der Waals surface area contributed by atoms with Crippen molar-refractivity contribution in [2.45, 2.75) is 33.6 Å². The minimum absolute atomic E-state index is 0.0387. The molecule has 1 aromatic carbocycles. The molecule has 1 aliphatic rings. The van der Waals surface area contributed by atoms with E-state index in [1.165, 1.54) is 16.8 Å². The molecule has 2 aromatic rings. The number of aryl methyl sites for hydroxylation is 1. The Hall–Kier alpha value is -2.63. The van der Waals surface area contributed by atoms with Crippen molar-refractivity contribution in [3.63, 3.8) is 0 Å². The van der Waals surface area contributed by atoms with Gasteiger partial charge in [-0.2, -0.15) is 0 Å². The lowest BCUT2D eigenvalue weighted by Gasteiger charge is -2.36. The van der Waals surface area contributed by atoms with E-state index in [9.17, 15) is 4.79 Å². The maximum atomic E-state index is 12.7. The third-order valence-electron chi connectivity index (χ3n) is 5.19. The predicted octanol–water partition coefficient (Wildman–Crippen LogP) is 3.27. The van der Waals surface area contributed by atoms with Gasteiger partial charge in [0.25, 0.3) is 5.91 Å². The third-order valence-corrected chi connectivity index (χ3v) is 5.19. The van der Waals surface area contributed by atoms with E-state index < -0.39 is 0 Å². The minimum atomic E-state index is -0.0387. The molecule has 1 saturated heterocycles. The molecular formula is C21H29N5O. The number of unbranched alkanes of at least 4 members (excludes halogenated alkanes) is 1. The molecule has 2 heterocycles. The zero-order valence-corrected chi connectivity index (χ0v) is 16.5. The number of piperazine rings is 1. The van der Waals surface area contributed by atoms with Crippen LogP contribution in [0.2, 0.25) is 0 Å². The van der Waals surface area contributed by atoms with Gasteiger partial charge in [0, 0.05) is 38.4 Å². The quantitative estimate of drug-likeness (QED) is 0.794. The second kappa shape index (κ2) is 8.84. The van der Waals surface area contributed by atoms with E-state index in [1.807, 2.05) is 4.90 Å². The second-order valence-electron chi connectivity index (χ2n) is 7.07. The van der Waals surface area contributed by atoms with E-state index in [-0.39, 0.29) is 5.91 Å². The summed E-state index contributed by atoms with van der Waals surface area (Å²) in [4.78, 5) is 25.6. The zero-order valence-electron chi connectivity index (χ0n) is 16.5. The molecule has 1 aromatic heterocycles. The highest BCUT2D eigenvalue weighted by molar-refractivity contribution is 5.92. The van der Waals surface area contributed by atoms with Gasteiger partial charge in [-0.05, 0) is 37.5 Å². The highest BCUT2D eigenvalue weighted by Crippen LogP contribution is 2.24. The van der Waals surface area contributed by atoms with Crippen LogP contribution in [-0.4, -0.2) is 53.5 Å². The number of aromatic nitrogens is 2. The van der Waals surface area contributed by atoms with Crippen LogP contribution in [0.15, 0.2) is 30.6 Å². The lowest BCUT2D eigenvalue weighted by molar-refractivity contribution is 0.0740. The summed E-state index contributed by atoms with van der Waals surface area (Å²) in [5.41, 5.74) is 4.30. The predicted molar refractivity (Wildman–Crippen MR) is 109 cm³/mol. The first-order chi connectivity index (χ1) is 13.1. The van der Waals surface area contributed by atoms with Crippen LogP contribution in [-0.2, 0) is 0 Å². The van der Waals surface area contributed by atoms with Gasteiger partial charge >= 0.3 is 0 Å². The number of nitrogens with zero attached hydrogens (tertiary/aromatic N) is 4. The maximum absolute atomic E-state index is 12.7. The molecule has 1 amide bonds. The number of carbonyl (C=O) groups excluding carboxylic acids is 1. The van der Waals surface area contributed by atoms with Gasteiger partial charge in [0.1, 0.15) is 11.5 Å². The van der Waals surface area contributed by atoms with Gasteiger partial charge in [0.15, 0.2) is 0 Å². The number of amides is 1. The van der Waals surface area contributed by atoms with Crippen LogP contribution in [0.4, 0.5) is 11.5 Å². The summed E-state index contributed by atoms with van der Waals surface area (Å²) in [6, 6.07) is 6.40. The fourth-order valence-electron chi connectivity index (χ4n) is 3.31. The summed E-state index contributed by atoms with van der Waals surface area (Å²) in [5, 5.41) is 3.22. The van der Waals surface area contributed by atoms with E-state index in [0.717, 1.165) is 38.3 Å². The third kappa shape index (κ3) is 4.56. The molecule has 6 heteroatoms. The average molecular weight is 367 g/mol. The molecule has 6 nitrogen and oxygen atoms in total. The molecular weight excluding hydrogens is 338 g/mol. The number of rotatable bonds is 6. The highest BCUT2D eigenvalue weighted by atomic mass is 16.2. The molecule has 0 bridgehead atoms. The van der Waals surface area contributed by atoms with Gasteiger partial charge in [-0.15, -0.1) is 0 Å². The van der Waals surface area contributed by atoms with E-state index in [2.05, 4.69) is 59.2 Å². The first-order valence-electron chi connectivity index (χ1n) is 9.76. The van der Waals surface area contributed by atoms with E-state index >= 15 is 0 Å². The molecule has 0 radical (unpaired) electrons. The first kappa shape index (κ1) is 19.1. The van der Waals surface area contributed by atoms with Gasteiger partial charge in [-0.25, -0.2) is 9.97 Å². The van der Waals surface area contributed by atoms with Crippen LogP contribution >= 0.6 is 0 Å². The number of carbonyl (C=O) groups is 1. The molecule has 0 saturated carbocycles. The largest absolute Gasteiger partial charge is 0.369 e. The van der Waals surface area contributed by atoms with Crippen molar-refractivity contribution >= 4 is 17.4 Å². The Kier molecular flexibility index (Phi) is 6.27. The highest BCUT2D eigenvalue weighted by Gasteiger charge is 2.24. The van der Waals surface area contributed by atoms with E-state index in [4.69, 9.17) is 0 Å². The average Bonchev–Trinajstić information content (AvgIpc) is 2.70. The zero-order chi connectivity index (χ0) is 19.2. The minimum Gasteiger partial charge on any atom is -0.369 e. The molecule has 1 aliphatic heterocycles. The van der Waals surface area contributed by atoms with Gasteiger partial charge in [-0.3, -0.25) is 4.79 Å². The van der Waals surface area contributed by atoms with Gasteiger partial charge < -0.3 is 15.1 Å². The standard InChI is InChI=1S/C21H29N5O/c1-4-5-9-22-20-15-23-18(14-24-20)21(27)26-12-10-25(11-13-26)19-8-6-7-16(2)17(19)3/h6-8,14-15H,4-5,9-13H2,1-3H3,(H,22,24). The summed E-state index contributed by atoms with van der Waals surface area (Å²) in [7, 11) is 0. The molecule has 3 rings (SSSR count). The van der Waals surface area contributed by atoms with E-state index in [0.29, 0.717) is 18.8 Å². The Balaban J connectivity index is 1.57. The fourth-order valence-corrected chi connectivity index (χ4v) is 3.31. The topological polar surface area (TPSA) is 61.4 Å². The van der Waals surface area contributed by atoms with Crippen molar-refractivity contribution < 1.29 is 4.79 Å². The second-order valence-corrected chi connectivity index (χ2v) is 7.07. The van der Waals surface area contributed by atoms with E-state index in [1.54, 1.807) is 12.4 Å². The Labute approximate surface area is 161 Å². The Bertz CT molecular complexity index is 767. The van der Waals surface area contributed by atoms with Crippen LogP contribution < -0.4 is 10.2 Å². The van der Waals surface area contributed by atoms with Crippen LogP contribution in [0.5, 0.6) is 0 Å². The van der Waals surface area contributed by atoms with Crippen molar-refractivity contribution in [1.82, 2.24) is 14.9 Å². The summed E-state index contributed by atoms with van der Waals surface area (Å²) in [5.74, 6) is 0.683. The lowest BCUT2D eigenvalue weighted by atomic mass is 10.1. The molecule has 1 N–H and O–H groups in total. The summed E-state index contributed by atoms with van der Waals surface area (Å²) in [6.07, 6.45) is 5.45. The van der Waals surface area contributed by atoms with Crippen molar-refractivity contribution in [2.75, 3.05) is 42.9 Å².